The van der Waals surface area contributed by atoms with Crippen LogP contribution >= 0.6 is 11.6 Å². The summed E-state index contributed by atoms with van der Waals surface area (Å²) in [5.74, 6) is 1.11. The Bertz CT molecular complexity index is 1060. The van der Waals surface area contributed by atoms with Crippen LogP contribution in [0.3, 0.4) is 0 Å². The average Bonchev–Trinajstić information content (AvgIpc) is 2.72. The van der Waals surface area contributed by atoms with Crippen molar-refractivity contribution >= 4 is 21.6 Å². The van der Waals surface area contributed by atoms with Crippen LogP contribution in [0.5, 0.6) is 11.5 Å². The molecule has 3 aromatic carbocycles. The maximum absolute atomic E-state index is 12.4. The molecule has 0 fully saturated rings. The molecule has 0 heterocycles. The van der Waals surface area contributed by atoms with Crippen LogP contribution < -0.4 is 14.2 Å². The van der Waals surface area contributed by atoms with E-state index in [-0.39, 0.29) is 11.4 Å². The van der Waals surface area contributed by atoms with Crippen LogP contribution in [-0.2, 0) is 23.2 Å². The molecule has 0 aromatic heterocycles. The SMILES string of the molecule is COc1cc(CNS(=O)(=O)c2ccc(C)cc2)ccc1OCc1ccc(Cl)cc1. The summed E-state index contributed by atoms with van der Waals surface area (Å²) in [7, 11) is -2.04. The molecule has 3 aromatic rings. The number of rotatable bonds is 8. The van der Waals surface area contributed by atoms with E-state index in [0.29, 0.717) is 23.1 Å². The van der Waals surface area contributed by atoms with Gasteiger partial charge in [-0.3, -0.25) is 0 Å². The van der Waals surface area contributed by atoms with Crippen LogP contribution in [0.4, 0.5) is 0 Å². The molecule has 5 nitrogen and oxygen atoms in total. The molecule has 1 N–H and O–H groups in total. The summed E-state index contributed by atoms with van der Waals surface area (Å²) in [4.78, 5) is 0.234. The van der Waals surface area contributed by atoms with Gasteiger partial charge in [0, 0.05) is 11.6 Å². The second-order valence-electron chi connectivity index (χ2n) is 6.54. The molecule has 0 radical (unpaired) electrons. The molecule has 7 heteroatoms. The Balaban J connectivity index is 1.66. The fourth-order valence-electron chi connectivity index (χ4n) is 2.66. The van der Waals surface area contributed by atoms with E-state index < -0.39 is 10.0 Å². The normalized spacial score (nSPS) is 11.3. The number of nitrogens with one attached hydrogen (secondary N) is 1. The Morgan fingerprint density at radius 2 is 1.55 bits per heavy atom. The van der Waals surface area contributed by atoms with Crippen molar-refractivity contribution in [3.8, 4) is 11.5 Å². The first-order valence-electron chi connectivity index (χ1n) is 8.98. The Labute approximate surface area is 176 Å². The highest BCUT2D eigenvalue weighted by Crippen LogP contribution is 2.29. The lowest BCUT2D eigenvalue weighted by Crippen LogP contribution is -2.23. The number of ether oxygens (including phenoxy) is 2. The largest absolute Gasteiger partial charge is 0.493 e. The van der Waals surface area contributed by atoms with Gasteiger partial charge in [-0.2, -0.15) is 0 Å². The maximum Gasteiger partial charge on any atom is 0.240 e. The Hall–Kier alpha value is -2.54. The van der Waals surface area contributed by atoms with E-state index in [9.17, 15) is 8.42 Å². The van der Waals surface area contributed by atoms with Gasteiger partial charge in [0.05, 0.1) is 12.0 Å². The number of methoxy groups -OCH3 is 1. The molecular weight excluding hydrogens is 410 g/mol. The number of aryl methyl sites for hydroxylation is 1. The van der Waals surface area contributed by atoms with Crippen LogP contribution in [0.15, 0.2) is 71.6 Å². The fraction of sp³-hybridized carbons (Fsp3) is 0.182. The second kappa shape index (κ2) is 9.31. The third kappa shape index (κ3) is 5.73. The molecule has 0 spiro atoms. The standard InChI is InChI=1S/C22H22ClNO4S/c1-16-3-10-20(11-4-16)29(25,26)24-14-18-7-12-21(22(13-18)27-2)28-15-17-5-8-19(23)9-6-17/h3-13,24H,14-15H2,1-2H3. The number of hydrogen-bond donors (Lipinski definition) is 1. The summed E-state index contributed by atoms with van der Waals surface area (Å²) in [6.07, 6.45) is 0. The monoisotopic (exact) mass is 431 g/mol. The summed E-state index contributed by atoms with van der Waals surface area (Å²) >= 11 is 5.89. The molecule has 0 amide bonds. The minimum Gasteiger partial charge on any atom is -0.493 e. The van der Waals surface area contributed by atoms with Crippen molar-refractivity contribution in [1.29, 1.82) is 0 Å². The molecule has 0 aliphatic rings. The smallest absolute Gasteiger partial charge is 0.240 e. The van der Waals surface area contributed by atoms with Crippen molar-refractivity contribution in [2.45, 2.75) is 25.0 Å². The molecule has 0 unspecified atom stereocenters. The van der Waals surface area contributed by atoms with Gasteiger partial charge < -0.3 is 9.47 Å². The van der Waals surface area contributed by atoms with Crippen molar-refractivity contribution in [1.82, 2.24) is 4.72 Å². The maximum atomic E-state index is 12.4. The molecule has 0 atom stereocenters. The third-order valence-electron chi connectivity index (χ3n) is 4.33. The minimum absolute atomic E-state index is 0.143. The van der Waals surface area contributed by atoms with E-state index in [1.54, 1.807) is 61.7 Å². The van der Waals surface area contributed by atoms with E-state index in [4.69, 9.17) is 21.1 Å². The zero-order valence-electron chi connectivity index (χ0n) is 16.2. The van der Waals surface area contributed by atoms with Crippen molar-refractivity contribution in [2.75, 3.05) is 7.11 Å². The zero-order valence-corrected chi connectivity index (χ0v) is 17.8. The topological polar surface area (TPSA) is 64.6 Å². The number of sulfonamides is 1. The molecule has 152 valence electrons. The van der Waals surface area contributed by atoms with Crippen molar-refractivity contribution in [2.24, 2.45) is 0 Å². The number of halogens is 1. The molecule has 0 aliphatic carbocycles. The van der Waals surface area contributed by atoms with Gasteiger partial charge in [-0.1, -0.05) is 47.5 Å². The number of benzene rings is 3. The van der Waals surface area contributed by atoms with Crippen LogP contribution in [0.1, 0.15) is 16.7 Å². The lowest BCUT2D eigenvalue weighted by atomic mass is 10.2. The molecular formula is C22H22ClNO4S. The molecule has 0 bridgehead atoms. The van der Waals surface area contributed by atoms with Gasteiger partial charge in [0.1, 0.15) is 6.61 Å². The lowest BCUT2D eigenvalue weighted by Gasteiger charge is -2.13. The number of hydrogen-bond acceptors (Lipinski definition) is 4. The van der Waals surface area contributed by atoms with E-state index in [1.807, 2.05) is 19.1 Å². The van der Waals surface area contributed by atoms with Gasteiger partial charge >= 0.3 is 0 Å². The van der Waals surface area contributed by atoms with Crippen molar-refractivity contribution in [3.63, 3.8) is 0 Å². The summed E-state index contributed by atoms with van der Waals surface area (Å²) in [6, 6.07) is 19.4. The van der Waals surface area contributed by atoms with Crippen LogP contribution in [0, 0.1) is 6.92 Å². The molecule has 29 heavy (non-hydrogen) atoms. The van der Waals surface area contributed by atoms with E-state index in [0.717, 1.165) is 16.7 Å². The second-order valence-corrected chi connectivity index (χ2v) is 8.74. The van der Waals surface area contributed by atoms with E-state index in [2.05, 4.69) is 4.72 Å². The average molecular weight is 432 g/mol. The first-order chi connectivity index (χ1) is 13.9. The van der Waals surface area contributed by atoms with Gasteiger partial charge in [-0.05, 0) is 54.4 Å². The zero-order chi connectivity index (χ0) is 20.9. The highest BCUT2D eigenvalue weighted by atomic mass is 35.5. The van der Waals surface area contributed by atoms with Crippen LogP contribution in [0.25, 0.3) is 0 Å². The fourth-order valence-corrected chi connectivity index (χ4v) is 3.81. The predicted octanol–water partition coefficient (Wildman–Crippen LogP) is 4.71. The van der Waals surface area contributed by atoms with Gasteiger partial charge in [-0.25, -0.2) is 13.1 Å². The lowest BCUT2D eigenvalue weighted by molar-refractivity contribution is 0.284. The Kier molecular flexibility index (Phi) is 6.79. The highest BCUT2D eigenvalue weighted by molar-refractivity contribution is 7.89. The highest BCUT2D eigenvalue weighted by Gasteiger charge is 2.14. The predicted molar refractivity (Wildman–Crippen MR) is 114 cm³/mol. The van der Waals surface area contributed by atoms with Gasteiger partial charge in [-0.15, -0.1) is 0 Å². The Morgan fingerprint density at radius 1 is 0.897 bits per heavy atom. The van der Waals surface area contributed by atoms with Crippen LogP contribution in [0.2, 0.25) is 5.02 Å². The Morgan fingerprint density at radius 3 is 2.21 bits per heavy atom. The van der Waals surface area contributed by atoms with Crippen molar-refractivity contribution < 1.29 is 17.9 Å². The quantitative estimate of drug-likeness (QED) is 0.560. The summed E-state index contributed by atoms with van der Waals surface area (Å²) < 4.78 is 38.7. The summed E-state index contributed by atoms with van der Waals surface area (Å²) in [6.45, 7) is 2.42. The molecule has 3 rings (SSSR count). The summed E-state index contributed by atoms with van der Waals surface area (Å²) in [5, 5.41) is 0.670. The minimum atomic E-state index is -3.59. The summed E-state index contributed by atoms with van der Waals surface area (Å²) in [5.41, 5.74) is 2.74. The molecule has 0 saturated carbocycles. The van der Waals surface area contributed by atoms with Crippen molar-refractivity contribution in [3.05, 3.63) is 88.4 Å². The van der Waals surface area contributed by atoms with Gasteiger partial charge in [0.15, 0.2) is 11.5 Å². The molecule has 0 saturated heterocycles. The third-order valence-corrected chi connectivity index (χ3v) is 6.00. The molecule has 0 aliphatic heterocycles. The van der Waals surface area contributed by atoms with E-state index >= 15 is 0 Å². The van der Waals surface area contributed by atoms with E-state index in [1.165, 1.54) is 0 Å². The van der Waals surface area contributed by atoms with Crippen LogP contribution in [-0.4, -0.2) is 15.5 Å². The van der Waals surface area contributed by atoms with Gasteiger partial charge in [0.25, 0.3) is 0 Å². The first-order valence-corrected chi connectivity index (χ1v) is 10.8. The van der Waals surface area contributed by atoms with Gasteiger partial charge in [0.2, 0.25) is 10.0 Å². The first kappa shape index (κ1) is 21.2.